The van der Waals surface area contributed by atoms with Gasteiger partial charge in [0.25, 0.3) is 0 Å². The molecule has 0 aliphatic heterocycles. The Hall–Kier alpha value is -2.60. The normalized spacial score (nSPS) is 10.6. The summed E-state index contributed by atoms with van der Waals surface area (Å²) >= 11 is 1.00. The van der Waals surface area contributed by atoms with Crippen molar-refractivity contribution in [2.75, 3.05) is 20.3 Å². The summed E-state index contributed by atoms with van der Waals surface area (Å²) in [7, 11) is -2.65. The molecule has 1 heterocycles. The number of carbonyl (C=O) groups is 1. The predicted octanol–water partition coefficient (Wildman–Crippen LogP) is 2.62. The van der Waals surface area contributed by atoms with E-state index in [9.17, 15) is 13.2 Å². The van der Waals surface area contributed by atoms with Gasteiger partial charge in [0.05, 0.1) is 13.7 Å². The van der Waals surface area contributed by atoms with E-state index in [1.807, 2.05) is 24.3 Å². The number of carbonyl (C=O) groups excluding carboxylic acids is 1. The van der Waals surface area contributed by atoms with Gasteiger partial charge in [-0.25, -0.2) is 13.2 Å². The summed E-state index contributed by atoms with van der Waals surface area (Å²) in [5.41, 5.74) is 1.00. The number of hydrogen-bond acceptors (Lipinski definition) is 6. The number of rotatable bonds is 8. The lowest BCUT2D eigenvalue weighted by molar-refractivity contribution is 0.0602. The van der Waals surface area contributed by atoms with Crippen molar-refractivity contribution >= 4 is 27.3 Å². The van der Waals surface area contributed by atoms with Gasteiger partial charge in [-0.1, -0.05) is 36.1 Å². The maximum Gasteiger partial charge on any atom is 0.349 e. The minimum atomic E-state index is -3.85. The molecule has 0 saturated carbocycles. The number of thiophene rings is 1. The van der Waals surface area contributed by atoms with Crippen molar-refractivity contribution in [2.45, 2.75) is 11.3 Å². The van der Waals surface area contributed by atoms with Crippen molar-refractivity contribution < 1.29 is 22.7 Å². The molecule has 0 saturated heterocycles. The molecular weight excluding hydrogens is 386 g/mol. The number of sulfonamides is 1. The lowest BCUT2D eigenvalue weighted by atomic mass is 10.1. The zero-order valence-corrected chi connectivity index (χ0v) is 16.4. The highest BCUT2D eigenvalue weighted by atomic mass is 32.2. The van der Waals surface area contributed by atoms with Gasteiger partial charge in [0.1, 0.15) is 22.1 Å². The highest BCUT2D eigenvalue weighted by Gasteiger charge is 2.23. The van der Waals surface area contributed by atoms with Crippen molar-refractivity contribution in [3.05, 3.63) is 58.8 Å². The molecule has 0 aliphatic rings. The van der Waals surface area contributed by atoms with Gasteiger partial charge in [0.2, 0.25) is 10.0 Å². The van der Waals surface area contributed by atoms with Crippen LogP contribution < -0.4 is 9.46 Å². The maximum absolute atomic E-state index is 12.3. The summed E-state index contributed by atoms with van der Waals surface area (Å²) in [6.07, 6.45) is 2.47. The molecule has 0 atom stereocenters. The topological polar surface area (TPSA) is 81.7 Å². The molecule has 142 valence electrons. The quantitative estimate of drug-likeness (QED) is 0.415. The van der Waals surface area contributed by atoms with Crippen LogP contribution in [0.25, 0.3) is 0 Å². The monoisotopic (exact) mass is 405 g/mol. The van der Waals surface area contributed by atoms with Crippen LogP contribution in [-0.4, -0.2) is 34.6 Å². The van der Waals surface area contributed by atoms with E-state index in [0.717, 1.165) is 16.9 Å². The third-order valence-electron chi connectivity index (χ3n) is 3.40. The van der Waals surface area contributed by atoms with Gasteiger partial charge in [0.15, 0.2) is 0 Å². The molecule has 6 nitrogen and oxygen atoms in total. The molecule has 0 fully saturated rings. The Balaban J connectivity index is 1.91. The van der Waals surface area contributed by atoms with Crippen LogP contribution in [0.1, 0.15) is 15.2 Å². The van der Waals surface area contributed by atoms with Crippen molar-refractivity contribution in [2.24, 2.45) is 0 Å². The van der Waals surface area contributed by atoms with Crippen LogP contribution in [0.5, 0.6) is 5.75 Å². The zero-order chi connectivity index (χ0) is 19.7. The molecule has 2 aromatic rings. The van der Waals surface area contributed by atoms with Gasteiger partial charge in [0, 0.05) is 0 Å². The molecule has 1 N–H and O–H groups in total. The van der Waals surface area contributed by atoms with Gasteiger partial charge in [-0.3, -0.25) is 0 Å². The molecule has 0 amide bonds. The largest absolute Gasteiger partial charge is 0.481 e. The number of para-hydroxylation sites is 1. The Morgan fingerprint density at radius 3 is 2.81 bits per heavy atom. The van der Waals surface area contributed by atoms with Gasteiger partial charge in [-0.05, 0) is 29.5 Å². The van der Waals surface area contributed by atoms with Crippen LogP contribution in [0.3, 0.4) is 0 Å². The van der Waals surface area contributed by atoms with E-state index in [4.69, 9.17) is 4.74 Å². The number of hydrogen-bond donors (Lipinski definition) is 1. The van der Waals surface area contributed by atoms with Gasteiger partial charge >= 0.3 is 5.97 Å². The van der Waals surface area contributed by atoms with E-state index in [2.05, 4.69) is 27.9 Å². The fourth-order valence-electron chi connectivity index (χ4n) is 2.16. The van der Waals surface area contributed by atoms with E-state index >= 15 is 0 Å². The van der Waals surface area contributed by atoms with Crippen LogP contribution in [0.15, 0.2) is 53.3 Å². The zero-order valence-electron chi connectivity index (χ0n) is 14.7. The third kappa shape index (κ3) is 5.69. The van der Waals surface area contributed by atoms with Gasteiger partial charge in [-0.2, -0.15) is 4.72 Å². The van der Waals surface area contributed by atoms with E-state index in [1.54, 1.807) is 6.08 Å². The van der Waals surface area contributed by atoms with Crippen molar-refractivity contribution in [1.29, 1.82) is 0 Å². The second kappa shape index (κ2) is 9.92. The predicted molar refractivity (Wildman–Crippen MR) is 104 cm³/mol. The van der Waals surface area contributed by atoms with Crippen LogP contribution in [0.2, 0.25) is 0 Å². The Morgan fingerprint density at radius 2 is 2.07 bits per heavy atom. The maximum atomic E-state index is 12.3. The molecule has 0 unspecified atom stereocenters. The molecule has 0 aliphatic carbocycles. The van der Waals surface area contributed by atoms with Crippen molar-refractivity contribution in [3.63, 3.8) is 0 Å². The van der Waals surface area contributed by atoms with Gasteiger partial charge < -0.3 is 9.47 Å². The van der Waals surface area contributed by atoms with E-state index < -0.39 is 16.0 Å². The highest BCUT2D eigenvalue weighted by Crippen LogP contribution is 2.22. The molecule has 0 bridgehead atoms. The molecule has 1 aromatic carbocycles. The fraction of sp³-hybridized carbons (Fsp3) is 0.211. The Labute approximate surface area is 162 Å². The molecule has 0 radical (unpaired) electrons. The highest BCUT2D eigenvalue weighted by molar-refractivity contribution is 7.89. The summed E-state index contributed by atoms with van der Waals surface area (Å²) in [5, 5.41) is 1.51. The number of nitrogens with one attached hydrogen (secondary N) is 1. The summed E-state index contributed by atoms with van der Waals surface area (Å²) in [6.45, 7) is 3.73. The number of benzene rings is 1. The first-order chi connectivity index (χ1) is 13.0. The Kier molecular flexibility index (Phi) is 7.61. The van der Waals surface area contributed by atoms with Crippen LogP contribution >= 0.6 is 11.3 Å². The third-order valence-corrected chi connectivity index (χ3v) is 5.87. The lowest BCUT2D eigenvalue weighted by Gasteiger charge is -2.07. The average Bonchev–Trinajstić information content (AvgIpc) is 3.16. The summed E-state index contributed by atoms with van der Waals surface area (Å²) in [5.74, 6) is 5.47. The van der Waals surface area contributed by atoms with Crippen molar-refractivity contribution in [1.82, 2.24) is 4.72 Å². The molecule has 0 spiro atoms. The number of allylic oxidation sites excluding steroid dienone is 1. The molecule has 8 heteroatoms. The minimum Gasteiger partial charge on any atom is -0.481 e. The first-order valence-electron chi connectivity index (χ1n) is 7.92. The fourth-order valence-corrected chi connectivity index (χ4v) is 4.41. The van der Waals surface area contributed by atoms with Gasteiger partial charge in [-0.15, -0.1) is 17.9 Å². The first-order valence-corrected chi connectivity index (χ1v) is 10.3. The van der Waals surface area contributed by atoms with E-state index in [0.29, 0.717) is 12.2 Å². The Bertz CT molecular complexity index is 967. The lowest BCUT2D eigenvalue weighted by Crippen LogP contribution is -2.25. The molecular formula is C19H19NO5S2. The average molecular weight is 405 g/mol. The van der Waals surface area contributed by atoms with Crippen LogP contribution in [0, 0.1) is 11.8 Å². The SMILES string of the molecule is C=CCc1ccccc1OCC#CCNS(=O)(=O)c1ccsc1C(=O)OC. The van der Waals surface area contributed by atoms with Crippen molar-refractivity contribution in [3.8, 4) is 17.6 Å². The molecule has 27 heavy (non-hydrogen) atoms. The number of methoxy groups -OCH3 is 1. The Morgan fingerprint density at radius 1 is 1.30 bits per heavy atom. The standard InChI is InChI=1S/C19H19NO5S2/c1-3-8-15-9-4-5-10-16(15)25-13-7-6-12-20-27(22,23)17-11-14-26-18(17)19(21)24-2/h3-5,9-11,14,20H,1,8,12-13H2,2H3. The molecule has 1 aromatic heterocycles. The van der Waals surface area contributed by atoms with E-state index in [-0.39, 0.29) is 22.9 Å². The van der Waals surface area contributed by atoms with Crippen LogP contribution in [-0.2, 0) is 21.2 Å². The first kappa shape index (κ1) is 20.7. The summed E-state index contributed by atoms with van der Waals surface area (Å²) in [6, 6.07) is 8.92. The second-order valence-electron chi connectivity index (χ2n) is 5.17. The summed E-state index contributed by atoms with van der Waals surface area (Å²) in [4.78, 5) is 11.5. The second-order valence-corrected chi connectivity index (χ2v) is 7.82. The van der Waals surface area contributed by atoms with Crippen LogP contribution in [0.4, 0.5) is 0 Å². The summed E-state index contributed by atoms with van der Waals surface area (Å²) < 4.78 is 37.1. The smallest absolute Gasteiger partial charge is 0.349 e. The van der Waals surface area contributed by atoms with E-state index in [1.165, 1.54) is 18.6 Å². The number of esters is 1. The number of ether oxygens (including phenoxy) is 2. The molecule has 2 rings (SSSR count). The minimum absolute atomic E-state index is 0.0279.